The number of halogens is 2. The van der Waals surface area contributed by atoms with Crippen molar-refractivity contribution < 1.29 is 9.18 Å². The zero-order valence-corrected chi connectivity index (χ0v) is 11.2. The fourth-order valence-electron chi connectivity index (χ4n) is 1.78. The van der Waals surface area contributed by atoms with Gasteiger partial charge in [-0.05, 0) is 24.1 Å². The Kier molecular flexibility index (Phi) is 4.27. The minimum Gasteiger partial charge on any atom is -0.292 e. The number of ketones is 1. The summed E-state index contributed by atoms with van der Waals surface area (Å²) in [4.78, 5) is 12.2. The fourth-order valence-corrected chi connectivity index (χ4v) is 2.01. The van der Waals surface area contributed by atoms with Crippen molar-refractivity contribution in [2.45, 2.75) is 26.3 Å². The molecule has 1 heterocycles. The molecule has 0 N–H and O–H groups in total. The molecule has 6 heteroatoms. The Bertz CT molecular complexity index is 597. The molecule has 0 aliphatic rings. The summed E-state index contributed by atoms with van der Waals surface area (Å²) in [7, 11) is 0. The number of Topliss-reactive ketones (excluding diaryl/α,β-unsaturated/α-hetero) is 1. The van der Waals surface area contributed by atoms with Crippen molar-refractivity contribution in [1.82, 2.24) is 15.0 Å². The van der Waals surface area contributed by atoms with Crippen LogP contribution in [0.5, 0.6) is 0 Å². The third kappa shape index (κ3) is 3.17. The highest BCUT2D eigenvalue weighted by Gasteiger charge is 2.15. The Morgan fingerprint density at radius 1 is 1.47 bits per heavy atom. The van der Waals surface area contributed by atoms with Gasteiger partial charge in [-0.2, -0.15) is 0 Å². The predicted molar refractivity (Wildman–Crippen MR) is 69.8 cm³/mol. The highest BCUT2D eigenvalue weighted by atomic mass is 35.5. The molecule has 0 amide bonds. The zero-order chi connectivity index (χ0) is 13.8. The van der Waals surface area contributed by atoms with Crippen molar-refractivity contribution in [2.24, 2.45) is 0 Å². The van der Waals surface area contributed by atoms with Crippen molar-refractivity contribution in [2.75, 3.05) is 0 Å². The van der Waals surface area contributed by atoms with Crippen LogP contribution >= 0.6 is 11.6 Å². The summed E-state index contributed by atoms with van der Waals surface area (Å²) < 4.78 is 14.5. The van der Waals surface area contributed by atoms with E-state index in [1.54, 1.807) is 4.68 Å². The van der Waals surface area contributed by atoms with Crippen molar-refractivity contribution in [3.8, 4) is 0 Å². The lowest BCUT2D eigenvalue weighted by Gasteiger charge is -2.05. The molecule has 0 aliphatic heterocycles. The second kappa shape index (κ2) is 5.93. The fraction of sp³-hybridized carbons (Fsp3) is 0.308. The molecule has 0 saturated heterocycles. The molecule has 1 aromatic heterocycles. The monoisotopic (exact) mass is 281 g/mol. The highest BCUT2D eigenvalue weighted by Crippen LogP contribution is 2.19. The van der Waals surface area contributed by atoms with E-state index in [1.807, 2.05) is 6.92 Å². The van der Waals surface area contributed by atoms with Crippen LogP contribution in [0.25, 0.3) is 0 Å². The average molecular weight is 282 g/mol. The molecule has 2 rings (SSSR count). The summed E-state index contributed by atoms with van der Waals surface area (Å²) in [5.74, 6) is -0.550. The minimum absolute atomic E-state index is 0.107. The van der Waals surface area contributed by atoms with Crippen LogP contribution in [-0.2, 0) is 13.0 Å². The van der Waals surface area contributed by atoms with Gasteiger partial charge in [-0.15, -0.1) is 5.10 Å². The standard InChI is InChI=1S/C13H13ClFN3O/c1-2-5-18-12(8-16-17-18)13(19)6-9-3-4-10(15)7-11(9)14/h3-4,7-8H,2,5-6H2,1H3. The summed E-state index contributed by atoms with van der Waals surface area (Å²) in [5, 5.41) is 7.85. The lowest BCUT2D eigenvalue weighted by Crippen LogP contribution is -2.12. The summed E-state index contributed by atoms with van der Waals surface area (Å²) in [5.41, 5.74) is 1.04. The van der Waals surface area contributed by atoms with Crippen LogP contribution in [-0.4, -0.2) is 20.8 Å². The molecule has 0 unspecified atom stereocenters. The van der Waals surface area contributed by atoms with Gasteiger partial charge in [0.25, 0.3) is 0 Å². The first kappa shape index (κ1) is 13.7. The van der Waals surface area contributed by atoms with Gasteiger partial charge in [-0.3, -0.25) is 4.79 Å². The van der Waals surface area contributed by atoms with E-state index < -0.39 is 5.82 Å². The molecule has 19 heavy (non-hydrogen) atoms. The second-order valence-corrected chi connectivity index (χ2v) is 4.59. The molecule has 0 bridgehead atoms. The first-order chi connectivity index (χ1) is 9.11. The van der Waals surface area contributed by atoms with E-state index in [-0.39, 0.29) is 17.2 Å². The van der Waals surface area contributed by atoms with Crippen LogP contribution in [0.2, 0.25) is 5.02 Å². The number of rotatable bonds is 5. The highest BCUT2D eigenvalue weighted by molar-refractivity contribution is 6.31. The normalized spacial score (nSPS) is 10.7. The Morgan fingerprint density at radius 2 is 2.26 bits per heavy atom. The number of carbonyl (C=O) groups is 1. The van der Waals surface area contributed by atoms with Gasteiger partial charge in [0.2, 0.25) is 0 Å². The van der Waals surface area contributed by atoms with Crippen molar-refractivity contribution in [3.05, 3.63) is 46.5 Å². The molecule has 100 valence electrons. The summed E-state index contributed by atoms with van der Waals surface area (Å²) >= 11 is 5.91. The van der Waals surface area contributed by atoms with Crippen LogP contribution < -0.4 is 0 Å². The Hall–Kier alpha value is -1.75. The van der Waals surface area contributed by atoms with Gasteiger partial charge in [0.05, 0.1) is 6.20 Å². The smallest absolute Gasteiger partial charge is 0.186 e. The number of carbonyl (C=O) groups excluding carboxylic acids is 1. The van der Waals surface area contributed by atoms with Gasteiger partial charge in [-0.1, -0.05) is 29.8 Å². The predicted octanol–water partition coefficient (Wildman–Crippen LogP) is 2.91. The third-order valence-corrected chi connectivity index (χ3v) is 3.06. The number of aromatic nitrogens is 3. The number of benzene rings is 1. The topological polar surface area (TPSA) is 47.8 Å². The van der Waals surface area contributed by atoms with Crippen molar-refractivity contribution in [1.29, 1.82) is 0 Å². The number of hydrogen-bond acceptors (Lipinski definition) is 3. The molecular weight excluding hydrogens is 269 g/mol. The van der Waals surface area contributed by atoms with Gasteiger partial charge in [0.15, 0.2) is 5.78 Å². The van der Waals surface area contributed by atoms with Gasteiger partial charge in [0.1, 0.15) is 11.5 Å². The number of aryl methyl sites for hydroxylation is 1. The van der Waals surface area contributed by atoms with Gasteiger partial charge in [0, 0.05) is 18.0 Å². The lowest BCUT2D eigenvalue weighted by molar-refractivity contribution is 0.0982. The number of hydrogen-bond donors (Lipinski definition) is 0. The van der Waals surface area contributed by atoms with Crippen LogP contribution in [0, 0.1) is 5.82 Å². The van der Waals surface area contributed by atoms with Crippen molar-refractivity contribution >= 4 is 17.4 Å². The Morgan fingerprint density at radius 3 is 2.95 bits per heavy atom. The molecule has 0 fully saturated rings. The van der Waals surface area contributed by atoms with Crippen molar-refractivity contribution in [3.63, 3.8) is 0 Å². The molecular formula is C13H13ClFN3O. The summed E-state index contributed by atoms with van der Waals surface area (Å²) in [6.45, 7) is 2.63. The largest absolute Gasteiger partial charge is 0.292 e. The molecule has 0 radical (unpaired) electrons. The maximum atomic E-state index is 12.9. The van der Waals surface area contributed by atoms with E-state index in [1.165, 1.54) is 24.4 Å². The quantitative estimate of drug-likeness (QED) is 0.792. The molecule has 0 aliphatic carbocycles. The number of nitrogens with zero attached hydrogens (tertiary/aromatic N) is 3. The third-order valence-electron chi connectivity index (χ3n) is 2.70. The van der Waals surface area contributed by atoms with Gasteiger partial charge in [-0.25, -0.2) is 9.07 Å². The maximum Gasteiger partial charge on any atom is 0.186 e. The van der Waals surface area contributed by atoms with E-state index >= 15 is 0 Å². The molecule has 1 aromatic carbocycles. The summed E-state index contributed by atoms with van der Waals surface area (Å²) in [6, 6.07) is 4.01. The maximum absolute atomic E-state index is 12.9. The Labute approximate surface area is 115 Å². The van der Waals surface area contributed by atoms with Crippen LogP contribution in [0.1, 0.15) is 29.4 Å². The Balaban J connectivity index is 2.18. The lowest BCUT2D eigenvalue weighted by atomic mass is 10.1. The first-order valence-electron chi connectivity index (χ1n) is 5.97. The average Bonchev–Trinajstić information content (AvgIpc) is 2.81. The minimum atomic E-state index is -0.418. The van der Waals surface area contributed by atoms with E-state index in [9.17, 15) is 9.18 Å². The molecule has 2 aromatic rings. The summed E-state index contributed by atoms with van der Waals surface area (Å²) in [6.07, 6.45) is 2.41. The second-order valence-electron chi connectivity index (χ2n) is 4.18. The molecule has 4 nitrogen and oxygen atoms in total. The van der Waals surface area contributed by atoms with E-state index in [0.29, 0.717) is 17.8 Å². The molecule has 0 atom stereocenters. The van der Waals surface area contributed by atoms with Crippen LogP contribution in [0.3, 0.4) is 0 Å². The first-order valence-corrected chi connectivity index (χ1v) is 6.35. The van der Waals surface area contributed by atoms with Crippen LogP contribution in [0.15, 0.2) is 24.4 Å². The van der Waals surface area contributed by atoms with Crippen LogP contribution in [0.4, 0.5) is 4.39 Å². The SMILES string of the molecule is CCCn1nncc1C(=O)Cc1ccc(F)cc1Cl. The van der Waals surface area contributed by atoms with E-state index in [0.717, 1.165) is 6.42 Å². The van der Waals surface area contributed by atoms with Gasteiger partial charge < -0.3 is 0 Å². The van der Waals surface area contributed by atoms with Gasteiger partial charge >= 0.3 is 0 Å². The molecule has 0 saturated carbocycles. The zero-order valence-electron chi connectivity index (χ0n) is 10.4. The van der Waals surface area contributed by atoms with E-state index in [4.69, 9.17) is 11.6 Å². The molecule has 0 spiro atoms. The van der Waals surface area contributed by atoms with E-state index in [2.05, 4.69) is 10.3 Å².